The molecule has 0 spiro atoms. The lowest BCUT2D eigenvalue weighted by atomic mass is 9.96. The van der Waals surface area contributed by atoms with Crippen molar-refractivity contribution in [2.24, 2.45) is 5.73 Å². The van der Waals surface area contributed by atoms with Gasteiger partial charge >= 0.3 is 0 Å². The molecule has 4 heteroatoms. The van der Waals surface area contributed by atoms with Crippen molar-refractivity contribution in [1.82, 2.24) is 0 Å². The van der Waals surface area contributed by atoms with Gasteiger partial charge in [-0.2, -0.15) is 0 Å². The molecule has 2 N–H and O–H groups in total. The molecule has 0 bridgehead atoms. The third-order valence-corrected chi connectivity index (χ3v) is 3.01. The molecule has 1 fully saturated rings. The molecule has 0 amide bonds. The van der Waals surface area contributed by atoms with Crippen LogP contribution < -0.4 is 10.5 Å². The molecule has 1 aromatic carbocycles. The molecule has 2 rings (SSSR count). The summed E-state index contributed by atoms with van der Waals surface area (Å²) >= 11 is 0. The molecule has 15 heavy (non-hydrogen) atoms. The second kappa shape index (κ2) is 4.37. The molecule has 84 valence electrons. The average molecular weight is 232 g/mol. The molecule has 1 aliphatic carbocycles. The molecular weight excluding hydrogens is 217 g/mol. The Morgan fingerprint density at radius 3 is 2.53 bits per heavy atom. The molecule has 0 aromatic heterocycles. The number of methoxy groups -OCH3 is 1. The Morgan fingerprint density at radius 2 is 2.13 bits per heavy atom. The third kappa shape index (κ3) is 2.08. The number of benzene rings is 1. The highest BCUT2D eigenvalue weighted by molar-refractivity contribution is 5.85. The minimum Gasteiger partial charge on any atom is -0.494 e. The van der Waals surface area contributed by atoms with Gasteiger partial charge in [0.2, 0.25) is 0 Å². The van der Waals surface area contributed by atoms with Crippen LogP contribution in [0.1, 0.15) is 18.4 Å². The highest BCUT2D eigenvalue weighted by atomic mass is 35.5. The van der Waals surface area contributed by atoms with E-state index in [4.69, 9.17) is 10.5 Å². The molecule has 0 heterocycles. The first kappa shape index (κ1) is 12.3. The van der Waals surface area contributed by atoms with Crippen LogP contribution in [0.4, 0.5) is 4.39 Å². The van der Waals surface area contributed by atoms with Crippen molar-refractivity contribution in [2.45, 2.75) is 18.3 Å². The maximum absolute atomic E-state index is 13.4. The zero-order valence-corrected chi connectivity index (χ0v) is 9.44. The first-order valence-corrected chi connectivity index (χ1v) is 4.76. The number of halogens is 2. The van der Waals surface area contributed by atoms with E-state index in [9.17, 15) is 4.39 Å². The van der Waals surface area contributed by atoms with Gasteiger partial charge in [0.05, 0.1) is 7.11 Å². The fraction of sp³-hybridized carbons (Fsp3) is 0.455. The van der Waals surface area contributed by atoms with Crippen molar-refractivity contribution in [2.75, 3.05) is 13.7 Å². The summed E-state index contributed by atoms with van der Waals surface area (Å²) in [6.45, 7) is 0.596. The van der Waals surface area contributed by atoms with E-state index in [1.807, 2.05) is 6.07 Å². The van der Waals surface area contributed by atoms with Crippen LogP contribution in [0.25, 0.3) is 0 Å². The quantitative estimate of drug-likeness (QED) is 0.866. The summed E-state index contributed by atoms with van der Waals surface area (Å²) in [4.78, 5) is 0. The zero-order valence-electron chi connectivity index (χ0n) is 8.63. The Morgan fingerprint density at radius 1 is 1.47 bits per heavy atom. The van der Waals surface area contributed by atoms with Gasteiger partial charge in [0.15, 0.2) is 11.6 Å². The number of hydrogen-bond acceptors (Lipinski definition) is 2. The van der Waals surface area contributed by atoms with Gasteiger partial charge in [0, 0.05) is 12.0 Å². The number of hydrogen-bond donors (Lipinski definition) is 1. The minimum atomic E-state index is -0.301. The van der Waals surface area contributed by atoms with Crippen molar-refractivity contribution in [3.05, 3.63) is 29.6 Å². The Labute approximate surface area is 95.0 Å². The largest absolute Gasteiger partial charge is 0.494 e. The minimum absolute atomic E-state index is 0. The fourth-order valence-corrected chi connectivity index (χ4v) is 1.76. The predicted octanol–water partition coefficient (Wildman–Crippen LogP) is 2.25. The van der Waals surface area contributed by atoms with E-state index in [2.05, 4.69) is 0 Å². The monoisotopic (exact) mass is 231 g/mol. The maximum Gasteiger partial charge on any atom is 0.165 e. The van der Waals surface area contributed by atoms with Crippen LogP contribution >= 0.6 is 12.4 Å². The molecule has 0 saturated heterocycles. The smallest absolute Gasteiger partial charge is 0.165 e. The van der Waals surface area contributed by atoms with Crippen LogP contribution in [-0.2, 0) is 5.41 Å². The number of ether oxygens (including phenoxy) is 1. The molecule has 1 aliphatic rings. The van der Waals surface area contributed by atoms with Crippen LogP contribution in [0.5, 0.6) is 5.75 Å². The van der Waals surface area contributed by atoms with Crippen molar-refractivity contribution >= 4 is 12.4 Å². The SMILES string of the molecule is COc1ccc(C2(CN)CC2)cc1F.Cl. The Bertz CT molecular complexity index is 352. The second-order valence-electron chi connectivity index (χ2n) is 3.83. The van der Waals surface area contributed by atoms with Crippen molar-refractivity contribution in [3.8, 4) is 5.75 Å². The lowest BCUT2D eigenvalue weighted by molar-refractivity contribution is 0.385. The van der Waals surface area contributed by atoms with Crippen molar-refractivity contribution in [3.63, 3.8) is 0 Å². The summed E-state index contributed by atoms with van der Waals surface area (Å²) in [6, 6.07) is 5.11. The van der Waals surface area contributed by atoms with Crippen LogP contribution in [-0.4, -0.2) is 13.7 Å². The molecule has 0 aliphatic heterocycles. The van der Waals surface area contributed by atoms with Gasteiger partial charge < -0.3 is 10.5 Å². The molecule has 0 atom stereocenters. The summed E-state index contributed by atoms with van der Waals surface area (Å²) in [6.07, 6.45) is 2.13. The maximum atomic E-state index is 13.4. The van der Waals surface area contributed by atoms with Gasteiger partial charge in [-0.25, -0.2) is 4.39 Å². The first-order chi connectivity index (χ1) is 6.72. The van der Waals surface area contributed by atoms with E-state index in [0.29, 0.717) is 12.3 Å². The summed E-state index contributed by atoms with van der Waals surface area (Å²) in [5, 5.41) is 0. The van der Waals surface area contributed by atoms with Crippen LogP contribution in [0.2, 0.25) is 0 Å². The summed E-state index contributed by atoms with van der Waals surface area (Å²) in [5.74, 6) is -0.00806. The standard InChI is InChI=1S/C11H14FNO.ClH/c1-14-10-3-2-8(6-9(10)12)11(7-13)4-5-11;/h2-3,6H,4-5,7,13H2,1H3;1H. The first-order valence-electron chi connectivity index (χ1n) is 4.76. The van der Waals surface area contributed by atoms with Crippen molar-refractivity contribution in [1.29, 1.82) is 0 Å². The van der Waals surface area contributed by atoms with Gasteiger partial charge in [0.25, 0.3) is 0 Å². The molecule has 1 aromatic rings. The van der Waals surface area contributed by atoms with Gasteiger partial charge in [-0.15, -0.1) is 12.4 Å². The molecular formula is C11H15ClFNO. The van der Waals surface area contributed by atoms with Crippen LogP contribution in [0, 0.1) is 5.82 Å². The molecule has 0 radical (unpaired) electrons. The molecule has 2 nitrogen and oxygen atoms in total. The summed E-state index contributed by atoms with van der Waals surface area (Å²) in [5.41, 5.74) is 6.71. The van der Waals surface area contributed by atoms with E-state index in [-0.39, 0.29) is 23.6 Å². The topological polar surface area (TPSA) is 35.2 Å². The Hall–Kier alpha value is -0.800. The van der Waals surface area contributed by atoms with E-state index in [1.165, 1.54) is 7.11 Å². The van der Waals surface area contributed by atoms with E-state index >= 15 is 0 Å². The number of rotatable bonds is 3. The van der Waals surface area contributed by atoms with Gasteiger partial charge in [0.1, 0.15) is 0 Å². The highest BCUT2D eigenvalue weighted by Crippen LogP contribution is 2.47. The fourth-order valence-electron chi connectivity index (χ4n) is 1.76. The van der Waals surface area contributed by atoms with Crippen molar-refractivity contribution < 1.29 is 9.13 Å². The predicted molar refractivity (Wildman–Crippen MR) is 60.2 cm³/mol. The Balaban J connectivity index is 0.00000112. The lowest BCUT2D eigenvalue weighted by Crippen LogP contribution is -2.19. The van der Waals surface area contributed by atoms with Crippen LogP contribution in [0.15, 0.2) is 18.2 Å². The van der Waals surface area contributed by atoms with Gasteiger partial charge in [-0.05, 0) is 30.5 Å². The van der Waals surface area contributed by atoms with Gasteiger partial charge in [-0.3, -0.25) is 0 Å². The lowest BCUT2D eigenvalue weighted by Gasteiger charge is -2.13. The summed E-state index contributed by atoms with van der Waals surface area (Å²) < 4.78 is 18.2. The zero-order chi connectivity index (χ0) is 10.2. The summed E-state index contributed by atoms with van der Waals surface area (Å²) in [7, 11) is 1.47. The second-order valence-corrected chi connectivity index (χ2v) is 3.83. The van der Waals surface area contributed by atoms with Gasteiger partial charge in [-0.1, -0.05) is 6.07 Å². The number of nitrogens with two attached hydrogens (primary N) is 1. The highest BCUT2D eigenvalue weighted by Gasteiger charge is 2.43. The van der Waals surface area contributed by atoms with E-state index < -0.39 is 0 Å². The Kier molecular flexibility index (Phi) is 3.58. The van der Waals surface area contributed by atoms with Crippen LogP contribution in [0.3, 0.4) is 0 Å². The van der Waals surface area contributed by atoms with E-state index in [0.717, 1.165) is 18.4 Å². The van der Waals surface area contributed by atoms with E-state index in [1.54, 1.807) is 12.1 Å². The average Bonchev–Trinajstić information content (AvgIpc) is 2.98. The molecule has 1 saturated carbocycles. The third-order valence-electron chi connectivity index (χ3n) is 3.01. The molecule has 0 unspecified atom stereocenters. The normalized spacial score (nSPS) is 16.7.